The maximum atomic E-state index is 4.46. The summed E-state index contributed by atoms with van der Waals surface area (Å²) in [6, 6.07) is 14.6. The second kappa shape index (κ2) is 6.48. The second-order valence-electron chi connectivity index (χ2n) is 6.27. The lowest BCUT2D eigenvalue weighted by Crippen LogP contribution is -2.22. The lowest BCUT2D eigenvalue weighted by molar-refractivity contribution is 0.657. The van der Waals surface area contributed by atoms with Crippen molar-refractivity contribution >= 4 is 44.4 Å². The number of hydrogen-bond acceptors (Lipinski definition) is 6. The van der Waals surface area contributed by atoms with Gasteiger partial charge in [0.25, 0.3) is 0 Å². The molecule has 0 saturated heterocycles. The number of thiophene rings is 1. The SMILES string of the molecule is C(=N\Nc1ncnc2sc3c(c12)CCNC3)/c1cccc2ccccc12. The number of nitrogens with one attached hydrogen (secondary N) is 2. The van der Waals surface area contributed by atoms with E-state index in [1.165, 1.54) is 21.2 Å². The lowest BCUT2D eigenvalue weighted by atomic mass is 10.1. The summed E-state index contributed by atoms with van der Waals surface area (Å²) in [5, 5.41) is 11.4. The zero-order chi connectivity index (χ0) is 17.3. The Labute approximate surface area is 154 Å². The molecule has 0 bridgehead atoms. The molecule has 26 heavy (non-hydrogen) atoms. The van der Waals surface area contributed by atoms with Crippen LogP contribution in [-0.2, 0) is 13.0 Å². The summed E-state index contributed by atoms with van der Waals surface area (Å²) in [6.07, 6.45) is 4.47. The fourth-order valence-corrected chi connectivity index (χ4v) is 4.63. The Bertz CT molecular complexity index is 1130. The first-order valence-corrected chi connectivity index (χ1v) is 9.44. The minimum absolute atomic E-state index is 0.783. The molecule has 5 rings (SSSR count). The molecule has 0 aliphatic carbocycles. The zero-order valence-corrected chi connectivity index (χ0v) is 14.9. The van der Waals surface area contributed by atoms with Crippen molar-refractivity contribution < 1.29 is 0 Å². The maximum absolute atomic E-state index is 4.46. The van der Waals surface area contributed by atoms with Crippen molar-refractivity contribution in [2.24, 2.45) is 5.10 Å². The van der Waals surface area contributed by atoms with Crippen molar-refractivity contribution in [3.8, 4) is 0 Å². The summed E-state index contributed by atoms with van der Waals surface area (Å²) in [5.74, 6) is 0.783. The van der Waals surface area contributed by atoms with E-state index >= 15 is 0 Å². The van der Waals surface area contributed by atoms with E-state index in [1.807, 2.05) is 18.3 Å². The third kappa shape index (κ3) is 2.64. The fraction of sp³-hybridized carbons (Fsp3) is 0.150. The average molecular weight is 359 g/mol. The smallest absolute Gasteiger partial charge is 0.158 e. The molecule has 0 amide bonds. The van der Waals surface area contributed by atoms with Crippen molar-refractivity contribution in [2.75, 3.05) is 12.0 Å². The van der Waals surface area contributed by atoms with Crippen molar-refractivity contribution in [1.82, 2.24) is 15.3 Å². The molecule has 4 aromatic rings. The van der Waals surface area contributed by atoms with E-state index in [2.05, 4.69) is 56.1 Å². The highest BCUT2D eigenvalue weighted by atomic mass is 32.1. The second-order valence-corrected chi connectivity index (χ2v) is 7.35. The van der Waals surface area contributed by atoms with Gasteiger partial charge < -0.3 is 5.32 Å². The predicted octanol–water partition coefficient (Wildman–Crippen LogP) is 3.94. The Morgan fingerprint density at radius 1 is 1.12 bits per heavy atom. The Hall–Kier alpha value is -2.83. The van der Waals surface area contributed by atoms with Gasteiger partial charge in [-0.25, -0.2) is 9.97 Å². The molecule has 2 aromatic carbocycles. The van der Waals surface area contributed by atoms with Gasteiger partial charge in [0.1, 0.15) is 11.2 Å². The monoisotopic (exact) mass is 359 g/mol. The van der Waals surface area contributed by atoms with Gasteiger partial charge in [-0.15, -0.1) is 11.3 Å². The highest BCUT2D eigenvalue weighted by Gasteiger charge is 2.19. The van der Waals surface area contributed by atoms with Gasteiger partial charge in [-0.3, -0.25) is 5.43 Å². The van der Waals surface area contributed by atoms with Gasteiger partial charge in [0.2, 0.25) is 0 Å². The van der Waals surface area contributed by atoms with Crippen LogP contribution >= 0.6 is 11.3 Å². The average Bonchev–Trinajstić information content (AvgIpc) is 3.08. The van der Waals surface area contributed by atoms with Crippen LogP contribution in [0, 0.1) is 0 Å². The molecule has 128 valence electrons. The topological polar surface area (TPSA) is 62.2 Å². The van der Waals surface area contributed by atoms with Gasteiger partial charge in [-0.1, -0.05) is 42.5 Å². The summed E-state index contributed by atoms with van der Waals surface area (Å²) in [4.78, 5) is 11.3. The maximum Gasteiger partial charge on any atom is 0.158 e. The molecular formula is C20H17N5S. The van der Waals surface area contributed by atoms with Crippen molar-refractivity contribution in [3.63, 3.8) is 0 Å². The first-order chi connectivity index (χ1) is 12.9. The van der Waals surface area contributed by atoms with Crippen LogP contribution in [0.3, 0.4) is 0 Å². The van der Waals surface area contributed by atoms with E-state index in [4.69, 9.17) is 0 Å². The lowest BCUT2D eigenvalue weighted by Gasteiger charge is -2.12. The van der Waals surface area contributed by atoms with Crippen molar-refractivity contribution in [1.29, 1.82) is 0 Å². The number of hydrogen-bond donors (Lipinski definition) is 2. The molecule has 6 heteroatoms. The van der Waals surface area contributed by atoms with Gasteiger partial charge in [0.15, 0.2) is 5.82 Å². The molecule has 0 radical (unpaired) electrons. The molecule has 0 spiro atoms. The molecule has 0 saturated carbocycles. The largest absolute Gasteiger partial charge is 0.312 e. The number of nitrogens with zero attached hydrogens (tertiary/aromatic N) is 3. The van der Waals surface area contributed by atoms with Gasteiger partial charge >= 0.3 is 0 Å². The number of hydrazone groups is 1. The summed E-state index contributed by atoms with van der Waals surface area (Å²) in [6.45, 7) is 1.90. The number of anilines is 1. The van der Waals surface area contributed by atoms with Gasteiger partial charge in [-0.2, -0.15) is 5.10 Å². The van der Waals surface area contributed by atoms with Crippen LogP contribution in [0.5, 0.6) is 0 Å². The first-order valence-electron chi connectivity index (χ1n) is 8.63. The minimum Gasteiger partial charge on any atom is -0.312 e. The molecule has 0 fully saturated rings. The molecule has 2 N–H and O–H groups in total. The Balaban J connectivity index is 1.50. The van der Waals surface area contributed by atoms with Gasteiger partial charge in [0, 0.05) is 17.0 Å². The molecular weight excluding hydrogens is 342 g/mol. The summed E-state index contributed by atoms with van der Waals surface area (Å²) < 4.78 is 0. The van der Waals surface area contributed by atoms with Crippen LogP contribution in [0.4, 0.5) is 5.82 Å². The van der Waals surface area contributed by atoms with E-state index in [-0.39, 0.29) is 0 Å². The third-order valence-electron chi connectivity index (χ3n) is 4.71. The van der Waals surface area contributed by atoms with Crippen LogP contribution < -0.4 is 10.7 Å². The Kier molecular flexibility index (Phi) is 3.84. The highest BCUT2D eigenvalue weighted by molar-refractivity contribution is 7.19. The van der Waals surface area contributed by atoms with E-state index in [9.17, 15) is 0 Å². The summed E-state index contributed by atoms with van der Waals surface area (Å²) in [5.41, 5.74) is 5.58. The van der Waals surface area contributed by atoms with E-state index < -0.39 is 0 Å². The molecule has 5 nitrogen and oxygen atoms in total. The van der Waals surface area contributed by atoms with E-state index in [0.717, 1.165) is 41.1 Å². The van der Waals surface area contributed by atoms with Crippen LogP contribution in [0.15, 0.2) is 53.9 Å². The molecule has 1 aliphatic rings. The van der Waals surface area contributed by atoms with Gasteiger partial charge in [0.05, 0.1) is 11.6 Å². The molecule has 3 heterocycles. The number of fused-ring (bicyclic) bond motifs is 4. The van der Waals surface area contributed by atoms with Crippen LogP contribution in [0.2, 0.25) is 0 Å². The standard InChI is InChI=1S/C20H17N5S/c1-2-7-15-13(4-1)5-3-6-14(15)10-24-25-19-18-16-8-9-21-11-17(16)26-20(18)23-12-22-19/h1-7,10,12,21H,8-9,11H2,(H,22,23,25)/b24-10+. The number of aromatic nitrogens is 2. The quantitative estimate of drug-likeness (QED) is 0.430. The van der Waals surface area contributed by atoms with Gasteiger partial charge in [-0.05, 0) is 29.3 Å². The normalized spacial score (nSPS) is 14.2. The highest BCUT2D eigenvalue weighted by Crippen LogP contribution is 2.35. The molecule has 0 atom stereocenters. The Morgan fingerprint density at radius 3 is 3.04 bits per heavy atom. The first kappa shape index (κ1) is 15.4. The fourth-order valence-electron chi connectivity index (χ4n) is 3.47. The summed E-state index contributed by atoms with van der Waals surface area (Å²) in [7, 11) is 0. The molecule has 2 aromatic heterocycles. The number of rotatable bonds is 3. The van der Waals surface area contributed by atoms with Crippen molar-refractivity contribution in [3.05, 3.63) is 64.8 Å². The number of benzene rings is 2. The molecule has 1 aliphatic heterocycles. The van der Waals surface area contributed by atoms with Crippen molar-refractivity contribution in [2.45, 2.75) is 13.0 Å². The summed E-state index contributed by atoms with van der Waals surface area (Å²) >= 11 is 1.74. The van der Waals surface area contributed by atoms with Crippen LogP contribution in [0.1, 0.15) is 16.0 Å². The van der Waals surface area contributed by atoms with Crippen LogP contribution in [0.25, 0.3) is 21.0 Å². The third-order valence-corrected chi connectivity index (χ3v) is 5.85. The minimum atomic E-state index is 0.783. The molecule has 0 unspecified atom stereocenters. The van der Waals surface area contributed by atoms with E-state index in [1.54, 1.807) is 17.7 Å². The van der Waals surface area contributed by atoms with Crippen LogP contribution in [-0.4, -0.2) is 22.7 Å². The Morgan fingerprint density at radius 2 is 2.04 bits per heavy atom. The van der Waals surface area contributed by atoms with E-state index in [0.29, 0.717) is 0 Å². The zero-order valence-electron chi connectivity index (χ0n) is 14.1. The predicted molar refractivity (Wildman–Crippen MR) is 108 cm³/mol.